The van der Waals surface area contributed by atoms with E-state index in [9.17, 15) is 4.79 Å². The quantitative estimate of drug-likeness (QED) is 0.555. The highest BCUT2D eigenvalue weighted by atomic mass is 16.4. The second-order valence-electron chi connectivity index (χ2n) is 8.40. The first-order valence-electron chi connectivity index (χ1n) is 12.2. The number of carbonyl (C=O) groups is 3. The third-order valence-electron chi connectivity index (χ3n) is 6.13. The molecule has 3 rings (SSSR count). The summed E-state index contributed by atoms with van der Waals surface area (Å²) < 4.78 is 0. The normalized spacial score (nSPS) is 14.9. The van der Waals surface area contributed by atoms with E-state index in [0.717, 1.165) is 44.8 Å². The topological polar surface area (TPSA) is 101 Å². The Morgan fingerprint density at radius 3 is 1.77 bits per heavy atom. The van der Waals surface area contributed by atoms with Crippen molar-refractivity contribution in [3.05, 3.63) is 71.3 Å². The summed E-state index contributed by atoms with van der Waals surface area (Å²) in [6.07, 6.45) is 1.21. The lowest BCUT2D eigenvalue weighted by Gasteiger charge is -2.39. The van der Waals surface area contributed by atoms with E-state index in [1.165, 1.54) is 24.1 Å². The molecule has 1 heterocycles. The summed E-state index contributed by atoms with van der Waals surface area (Å²) in [5.41, 5.74) is 3.35. The van der Waals surface area contributed by atoms with Gasteiger partial charge in [-0.25, -0.2) is 9.59 Å². The number of aliphatic carboxylic acids is 2. The van der Waals surface area contributed by atoms with E-state index in [1.54, 1.807) is 0 Å². The highest BCUT2D eigenvalue weighted by Crippen LogP contribution is 2.30. The van der Waals surface area contributed by atoms with E-state index in [2.05, 4.69) is 59.2 Å². The molecule has 1 unspecified atom stereocenters. The summed E-state index contributed by atoms with van der Waals surface area (Å²) in [5.74, 6) is -3.53. The second kappa shape index (κ2) is 14.2. The predicted octanol–water partition coefficient (Wildman–Crippen LogP) is 3.44. The van der Waals surface area contributed by atoms with Crippen LogP contribution in [0.4, 0.5) is 0 Å². The first-order valence-corrected chi connectivity index (χ1v) is 12.2. The van der Waals surface area contributed by atoms with Crippen molar-refractivity contribution < 1.29 is 24.6 Å². The Balaban J connectivity index is 0.000000641. The molecule has 2 N–H and O–H groups in total. The van der Waals surface area contributed by atoms with Gasteiger partial charge >= 0.3 is 11.9 Å². The fourth-order valence-electron chi connectivity index (χ4n) is 4.31. The maximum Gasteiger partial charge on any atom is 0.414 e. The zero-order valence-electron chi connectivity index (χ0n) is 20.9. The minimum Gasteiger partial charge on any atom is -0.473 e. The van der Waals surface area contributed by atoms with Gasteiger partial charge < -0.3 is 20.0 Å². The summed E-state index contributed by atoms with van der Waals surface area (Å²) in [6, 6.07) is 19.3. The molecule has 1 aliphatic heterocycles. The van der Waals surface area contributed by atoms with Gasteiger partial charge in [-0.1, -0.05) is 49.4 Å². The van der Waals surface area contributed by atoms with Gasteiger partial charge in [0.15, 0.2) is 0 Å². The molecular weight excluding hydrogens is 446 g/mol. The molecule has 0 radical (unpaired) electrons. The minimum absolute atomic E-state index is 0.117. The number of benzene rings is 2. The average molecular weight is 484 g/mol. The lowest BCUT2D eigenvalue weighted by atomic mass is 9.95. The molecule has 1 fully saturated rings. The van der Waals surface area contributed by atoms with Crippen molar-refractivity contribution in [3.8, 4) is 0 Å². The van der Waals surface area contributed by atoms with Gasteiger partial charge in [-0.15, -0.1) is 0 Å². The van der Waals surface area contributed by atoms with Gasteiger partial charge in [-0.05, 0) is 50.1 Å². The summed E-state index contributed by atoms with van der Waals surface area (Å²) in [6.45, 7) is 13.4. The molecule has 1 aliphatic rings. The Morgan fingerprint density at radius 2 is 1.31 bits per heavy atom. The Labute approximate surface area is 207 Å². The van der Waals surface area contributed by atoms with Crippen molar-refractivity contribution in [2.24, 2.45) is 0 Å². The molecule has 0 bridgehead atoms. The number of amides is 1. The average Bonchev–Trinajstić information content (AvgIpc) is 2.87. The molecule has 0 saturated carbocycles. The Hall–Kier alpha value is -3.23. The zero-order chi connectivity index (χ0) is 25.8. The molecule has 0 spiro atoms. The largest absolute Gasteiger partial charge is 0.473 e. The van der Waals surface area contributed by atoms with E-state index >= 15 is 0 Å². The summed E-state index contributed by atoms with van der Waals surface area (Å²) in [4.78, 5) is 37.9. The van der Waals surface area contributed by atoms with E-state index < -0.39 is 11.9 Å². The zero-order valence-corrected chi connectivity index (χ0v) is 20.9. The highest BCUT2D eigenvalue weighted by molar-refractivity contribution is 6.27. The molecule has 0 aliphatic carbocycles. The molecule has 2 aromatic rings. The molecule has 190 valence electrons. The maximum atomic E-state index is 12.7. The standard InChI is InChI=1S/C25H35N3O.C2H2O4/c1-4-16-26-17-19-28(20-18-26)24(21-10-8-7-9-11-21)22-12-14-23(15-13-22)25(29)27(5-2)6-3;3-1(4)2(5)6/h7-15,24H,4-6,16-20H2,1-3H3;(H,3,4)(H,5,6). The predicted molar refractivity (Wildman–Crippen MR) is 136 cm³/mol. The molecule has 1 saturated heterocycles. The number of carboxylic acids is 2. The van der Waals surface area contributed by atoms with Crippen molar-refractivity contribution in [2.75, 3.05) is 45.8 Å². The second-order valence-corrected chi connectivity index (χ2v) is 8.40. The fraction of sp³-hybridized carbons (Fsp3) is 0.444. The van der Waals surface area contributed by atoms with Crippen LogP contribution in [0, 0.1) is 0 Å². The van der Waals surface area contributed by atoms with Crippen molar-refractivity contribution in [2.45, 2.75) is 33.2 Å². The van der Waals surface area contributed by atoms with Crippen LogP contribution in [0.15, 0.2) is 54.6 Å². The number of piperazine rings is 1. The Morgan fingerprint density at radius 1 is 0.800 bits per heavy atom. The van der Waals surface area contributed by atoms with Crippen molar-refractivity contribution in [1.82, 2.24) is 14.7 Å². The minimum atomic E-state index is -1.82. The van der Waals surface area contributed by atoms with Crippen molar-refractivity contribution >= 4 is 17.8 Å². The van der Waals surface area contributed by atoms with Crippen LogP contribution in [0.2, 0.25) is 0 Å². The lowest BCUT2D eigenvalue weighted by molar-refractivity contribution is -0.159. The third kappa shape index (κ3) is 8.19. The summed E-state index contributed by atoms with van der Waals surface area (Å²) in [7, 11) is 0. The van der Waals surface area contributed by atoms with Crippen LogP contribution >= 0.6 is 0 Å². The van der Waals surface area contributed by atoms with Gasteiger partial charge in [0, 0.05) is 44.8 Å². The van der Waals surface area contributed by atoms with Crippen molar-refractivity contribution in [3.63, 3.8) is 0 Å². The molecular formula is C27H37N3O5. The first kappa shape index (κ1) is 28.0. The molecule has 2 aromatic carbocycles. The van der Waals surface area contributed by atoms with E-state index in [1.807, 2.05) is 30.9 Å². The van der Waals surface area contributed by atoms with Gasteiger partial charge in [-0.2, -0.15) is 0 Å². The van der Waals surface area contributed by atoms with Gasteiger partial charge in [0.25, 0.3) is 5.91 Å². The number of hydrogen-bond donors (Lipinski definition) is 2. The molecule has 8 heteroatoms. The van der Waals surface area contributed by atoms with Gasteiger partial charge in [-0.3, -0.25) is 9.69 Å². The summed E-state index contributed by atoms with van der Waals surface area (Å²) >= 11 is 0. The molecule has 35 heavy (non-hydrogen) atoms. The van der Waals surface area contributed by atoms with Crippen LogP contribution in [-0.2, 0) is 9.59 Å². The molecule has 8 nitrogen and oxygen atoms in total. The third-order valence-corrected chi connectivity index (χ3v) is 6.13. The first-order chi connectivity index (χ1) is 16.8. The molecule has 1 atom stereocenters. The van der Waals surface area contributed by atoms with Gasteiger partial charge in [0.05, 0.1) is 6.04 Å². The smallest absolute Gasteiger partial charge is 0.414 e. The highest BCUT2D eigenvalue weighted by Gasteiger charge is 2.26. The Kier molecular flexibility index (Phi) is 11.4. The monoisotopic (exact) mass is 483 g/mol. The molecule has 0 aromatic heterocycles. The van der Waals surface area contributed by atoms with Crippen LogP contribution < -0.4 is 0 Å². The number of hydrogen-bond acceptors (Lipinski definition) is 5. The van der Waals surface area contributed by atoms with Crippen LogP contribution in [0.3, 0.4) is 0 Å². The Bertz CT molecular complexity index is 925. The lowest BCUT2D eigenvalue weighted by Crippen LogP contribution is -2.47. The van der Waals surface area contributed by atoms with Crippen LogP contribution in [0.1, 0.15) is 54.7 Å². The van der Waals surface area contributed by atoms with Crippen LogP contribution in [0.5, 0.6) is 0 Å². The fourth-order valence-corrected chi connectivity index (χ4v) is 4.31. The number of nitrogens with zero attached hydrogens (tertiary/aromatic N) is 3. The number of carbonyl (C=O) groups excluding carboxylic acids is 1. The maximum absolute atomic E-state index is 12.7. The SMILES string of the molecule is CCCN1CCN(C(c2ccccc2)c2ccc(C(=O)N(CC)CC)cc2)CC1.O=C(O)C(=O)O. The molecule has 1 amide bonds. The van der Waals surface area contributed by atoms with Crippen LogP contribution in [-0.4, -0.2) is 88.6 Å². The van der Waals surface area contributed by atoms with Gasteiger partial charge in [0.2, 0.25) is 0 Å². The van der Waals surface area contributed by atoms with E-state index in [4.69, 9.17) is 19.8 Å². The number of rotatable bonds is 8. The van der Waals surface area contributed by atoms with Gasteiger partial charge in [0.1, 0.15) is 0 Å². The summed E-state index contributed by atoms with van der Waals surface area (Å²) in [5, 5.41) is 14.8. The van der Waals surface area contributed by atoms with Crippen LogP contribution in [0.25, 0.3) is 0 Å². The van der Waals surface area contributed by atoms with E-state index in [0.29, 0.717) is 0 Å². The van der Waals surface area contributed by atoms with Crippen molar-refractivity contribution in [1.29, 1.82) is 0 Å². The number of carboxylic acid groups (broad SMARTS) is 2. The van der Waals surface area contributed by atoms with E-state index in [-0.39, 0.29) is 11.9 Å².